The van der Waals surface area contributed by atoms with Crippen LogP contribution >= 0.6 is 0 Å². The lowest BCUT2D eigenvalue weighted by Crippen LogP contribution is -2.53. The molecule has 0 aromatic heterocycles. The first-order valence-corrected chi connectivity index (χ1v) is 10.0. The summed E-state index contributed by atoms with van der Waals surface area (Å²) in [7, 11) is 0. The Bertz CT molecular complexity index is 888. The second-order valence-electron chi connectivity index (χ2n) is 8.55. The maximum absolute atomic E-state index is 13.3. The van der Waals surface area contributed by atoms with Gasteiger partial charge in [-0.25, -0.2) is 4.39 Å². The summed E-state index contributed by atoms with van der Waals surface area (Å²) in [6, 6.07) is 10.8. The first-order chi connectivity index (χ1) is 14.0. The summed E-state index contributed by atoms with van der Waals surface area (Å²) >= 11 is 0. The molecule has 0 heterocycles. The minimum absolute atomic E-state index is 0.175. The summed E-state index contributed by atoms with van der Waals surface area (Å²) in [5.74, 6) is -0.299. The number of nitrogens with zero attached hydrogens (tertiary/aromatic N) is 1. The van der Waals surface area contributed by atoms with Gasteiger partial charge in [-0.3, -0.25) is 9.59 Å². The number of aryl methyl sites for hydroxylation is 1. The van der Waals surface area contributed by atoms with Crippen molar-refractivity contribution in [2.75, 3.05) is 6.61 Å². The van der Waals surface area contributed by atoms with Gasteiger partial charge in [0.2, 0.25) is 5.91 Å². The Morgan fingerprint density at radius 3 is 2.33 bits per heavy atom. The number of rotatable bonds is 7. The van der Waals surface area contributed by atoms with Crippen molar-refractivity contribution in [2.45, 2.75) is 59.7 Å². The number of halogens is 1. The third kappa shape index (κ3) is 6.58. The van der Waals surface area contributed by atoms with Crippen molar-refractivity contribution in [3.63, 3.8) is 0 Å². The van der Waals surface area contributed by atoms with Crippen LogP contribution in [-0.2, 0) is 16.1 Å². The van der Waals surface area contributed by atoms with Crippen molar-refractivity contribution < 1.29 is 18.7 Å². The number of benzene rings is 2. The number of nitrogens with one attached hydrogen (secondary N) is 1. The second kappa shape index (κ2) is 9.74. The normalized spacial score (nSPS) is 12.2. The van der Waals surface area contributed by atoms with Crippen molar-refractivity contribution in [1.82, 2.24) is 10.2 Å². The smallest absolute Gasteiger partial charge is 0.261 e. The molecule has 0 saturated carbocycles. The quantitative estimate of drug-likeness (QED) is 0.740. The molecule has 2 rings (SSSR count). The molecular formula is C24H31FN2O3. The van der Waals surface area contributed by atoms with Crippen molar-refractivity contribution in [1.29, 1.82) is 0 Å². The lowest BCUT2D eigenvalue weighted by molar-refractivity contribution is -0.142. The number of amides is 2. The van der Waals surface area contributed by atoms with Gasteiger partial charge in [0.05, 0.1) is 0 Å². The van der Waals surface area contributed by atoms with E-state index in [9.17, 15) is 14.0 Å². The molecule has 0 radical (unpaired) electrons. The predicted molar refractivity (Wildman–Crippen MR) is 116 cm³/mol. The molecule has 2 aromatic carbocycles. The molecule has 1 atom stereocenters. The fraction of sp³-hybridized carbons (Fsp3) is 0.417. The van der Waals surface area contributed by atoms with Gasteiger partial charge >= 0.3 is 0 Å². The van der Waals surface area contributed by atoms with Gasteiger partial charge in [-0.2, -0.15) is 0 Å². The maximum atomic E-state index is 13.3. The predicted octanol–water partition coefficient (Wildman–Crippen LogP) is 4.15. The highest BCUT2D eigenvalue weighted by Crippen LogP contribution is 2.21. The van der Waals surface area contributed by atoms with Crippen LogP contribution in [0.1, 0.15) is 44.4 Å². The average molecular weight is 415 g/mol. The number of ether oxygens (including phenoxy) is 1. The Morgan fingerprint density at radius 1 is 1.10 bits per heavy atom. The average Bonchev–Trinajstić information content (AvgIpc) is 2.66. The molecular weight excluding hydrogens is 383 g/mol. The van der Waals surface area contributed by atoms with Crippen LogP contribution in [0.3, 0.4) is 0 Å². The molecule has 2 aromatic rings. The Labute approximate surface area is 178 Å². The largest absolute Gasteiger partial charge is 0.483 e. The van der Waals surface area contributed by atoms with Crippen LogP contribution in [0.25, 0.3) is 0 Å². The molecule has 0 fully saturated rings. The highest BCUT2D eigenvalue weighted by molar-refractivity contribution is 5.88. The third-order valence-electron chi connectivity index (χ3n) is 4.84. The Balaban J connectivity index is 2.20. The minimum Gasteiger partial charge on any atom is -0.483 e. The van der Waals surface area contributed by atoms with E-state index in [0.29, 0.717) is 5.75 Å². The molecule has 162 valence electrons. The maximum Gasteiger partial charge on any atom is 0.261 e. The fourth-order valence-corrected chi connectivity index (χ4v) is 2.95. The van der Waals surface area contributed by atoms with Gasteiger partial charge in [-0.15, -0.1) is 0 Å². The van der Waals surface area contributed by atoms with Crippen LogP contribution < -0.4 is 10.1 Å². The molecule has 1 N–H and O–H groups in total. The van der Waals surface area contributed by atoms with E-state index in [1.165, 1.54) is 17.0 Å². The van der Waals surface area contributed by atoms with Crippen molar-refractivity contribution in [3.05, 3.63) is 65.0 Å². The molecule has 0 aliphatic carbocycles. The Morgan fingerprint density at radius 2 is 1.73 bits per heavy atom. The van der Waals surface area contributed by atoms with Crippen molar-refractivity contribution in [2.24, 2.45) is 0 Å². The van der Waals surface area contributed by atoms with Crippen LogP contribution in [0.4, 0.5) is 4.39 Å². The van der Waals surface area contributed by atoms with Gasteiger partial charge in [0, 0.05) is 12.1 Å². The Hall–Kier alpha value is -2.89. The summed E-state index contributed by atoms with van der Waals surface area (Å²) in [6.45, 7) is 11.2. The summed E-state index contributed by atoms with van der Waals surface area (Å²) in [4.78, 5) is 27.2. The van der Waals surface area contributed by atoms with Crippen LogP contribution in [-0.4, -0.2) is 34.9 Å². The zero-order valence-corrected chi connectivity index (χ0v) is 18.6. The van der Waals surface area contributed by atoms with E-state index in [1.807, 2.05) is 52.8 Å². The Kier molecular flexibility index (Phi) is 7.59. The first kappa shape index (κ1) is 23.4. The van der Waals surface area contributed by atoms with Gasteiger partial charge in [0.15, 0.2) is 6.61 Å². The number of hydrogen-bond donors (Lipinski definition) is 1. The zero-order valence-electron chi connectivity index (χ0n) is 18.6. The molecule has 30 heavy (non-hydrogen) atoms. The second-order valence-corrected chi connectivity index (χ2v) is 8.55. The van der Waals surface area contributed by atoms with Crippen molar-refractivity contribution in [3.8, 4) is 5.75 Å². The van der Waals surface area contributed by atoms with Crippen LogP contribution in [0.2, 0.25) is 0 Å². The van der Waals surface area contributed by atoms with E-state index in [4.69, 9.17) is 4.74 Å². The van der Waals surface area contributed by atoms with E-state index in [0.717, 1.165) is 16.7 Å². The van der Waals surface area contributed by atoms with Gasteiger partial charge in [0.1, 0.15) is 17.6 Å². The number of hydrogen-bond acceptors (Lipinski definition) is 3. The highest BCUT2D eigenvalue weighted by atomic mass is 19.1. The minimum atomic E-state index is -0.719. The number of carbonyl (C=O) groups excluding carboxylic acids is 2. The molecule has 6 heteroatoms. The summed E-state index contributed by atoms with van der Waals surface area (Å²) in [6.07, 6.45) is 0. The monoisotopic (exact) mass is 414 g/mol. The van der Waals surface area contributed by atoms with Gasteiger partial charge in [0.25, 0.3) is 5.91 Å². The van der Waals surface area contributed by atoms with Gasteiger partial charge < -0.3 is 15.0 Å². The summed E-state index contributed by atoms with van der Waals surface area (Å²) in [5, 5.41) is 2.91. The van der Waals surface area contributed by atoms with E-state index in [2.05, 4.69) is 5.32 Å². The molecule has 0 unspecified atom stereocenters. The van der Waals surface area contributed by atoms with E-state index < -0.39 is 11.6 Å². The van der Waals surface area contributed by atoms with E-state index >= 15 is 0 Å². The van der Waals surface area contributed by atoms with Crippen LogP contribution in [0, 0.1) is 19.7 Å². The molecule has 0 saturated heterocycles. The topological polar surface area (TPSA) is 58.6 Å². The van der Waals surface area contributed by atoms with E-state index in [-0.39, 0.29) is 30.8 Å². The summed E-state index contributed by atoms with van der Waals surface area (Å²) < 4.78 is 19.0. The lowest BCUT2D eigenvalue weighted by Gasteiger charge is -2.31. The molecule has 0 bridgehead atoms. The van der Waals surface area contributed by atoms with Gasteiger partial charge in [-0.05, 0) is 76.4 Å². The molecule has 0 spiro atoms. The summed E-state index contributed by atoms with van der Waals surface area (Å²) in [5.41, 5.74) is 2.34. The SMILES string of the molecule is Cc1cccc(OCC(=O)N(Cc2ccc(F)cc2)[C@H](C)C(=O)NC(C)(C)C)c1C. The van der Waals surface area contributed by atoms with Crippen LogP contribution in [0.15, 0.2) is 42.5 Å². The first-order valence-electron chi connectivity index (χ1n) is 10.0. The van der Waals surface area contributed by atoms with Gasteiger partial charge in [-0.1, -0.05) is 24.3 Å². The lowest BCUT2D eigenvalue weighted by atomic mass is 10.1. The van der Waals surface area contributed by atoms with Crippen LogP contribution in [0.5, 0.6) is 5.75 Å². The molecule has 0 aliphatic heterocycles. The third-order valence-corrected chi connectivity index (χ3v) is 4.84. The molecule has 0 aliphatic rings. The molecule has 5 nitrogen and oxygen atoms in total. The van der Waals surface area contributed by atoms with E-state index in [1.54, 1.807) is 19.1 Å². The number of carbonyl (C=O) groups is 2. The standard InChI is InChI=1S/C24H31FN2O3/c1-16-8-7-9-21(17(16)2)30-15-22(28)27(14-19-10-12-20(25)13-11-19)18(3)23(29)26-24(4,5)6/h7-13,18H,14-15H2,1-6H3,(H,26,29)/t18-/m1/s1. The molecule has 2 amide bonds. The van der Waals surface area contributed by atoms with Crippen molar-refractivity contribution >= 4 is 11.8 Å². The highest BCUT2D eigenvalue weighted by Gasteiger charge is 2.28. The fourth-order valence-electron chi connectivity index (χ4n) is 2.95. The zero-order chi connectivity index (χ0) is 22.5.